The van der Waals surface area contributed by atoms with Crippen LogP contribution in [-0.2, 0) is 0 Å². The van der Waals surface area contributed by atoms with Crippen molar-refractivity contribution in [2.45, 2.75) is 18.8 Å². The van der Waals surface area contributed by atoms with Gasteiger partial charge in [-0.2, -0.15) is 10.2 Å². The van der Waals surface area contributed by atoms with Gasteiger partial charge in [0.05, 0.1) is 5.56 Å². The van der Waals surface area contributed by atoms with Crippen LogP contribution in [-0.4, -0.2) is 15.1 Å². The fraction of sp³-hybridized carbons (Fsp3) is 0.300. The number of nitriles is 1. The van der Waals surface area contributed by atoms with E-state index in [-0.39, 0.29) is 0 Å². The van der Waals surface area contributed by atoms with E-state index < -0.39 is 0 Å². The lowest BCUT2D eigenvalue weighted by Crippen LogP contribution is -1.80. The summed E-state index contributed by atoms with van der Waals surface area (Å²) in [6.45, 7) is 0. The Morgan fingerprint density at radius 1 is 1.53 bits per heavy atom. The Morgan fingerprint density at radius 2 is 2.40 bits per heavy atom. The van der Waals surface area contributed by atoms with Crippen molar-refractivity contribution in [1.29, 1.82) is 5.26 Å². The van der Waals surface area contributed by atoms with Crippen molar-refractivity contribution in [1.82, 2.24) is 15.1 Å². The number of aromatic amines is 1. The van der Waals surface area contributed by atoms with Crippen molar-refractivity contribution < 1.29 is 4.52 Å². The van der Waals surface area contributed by atoms with E-state index >= 15 is 0 Å². The summed E-state index contributed by atoms with van der Waals surface area (Å²) >= 11 is 0. The van der Waals surface area contributed by atoms with Gasteiger partial charge < -0.3 is 9.51 Å². The first-order chi connectivity index (χ1) is 7.36. The number of rotatable bonds is 2. The van der Waals surface area contributed by atoms with Crippen LogP contribution in [0.25, 0.3) is 11.5 Å². The van der Waals surface area contributed by atoms with Crippen LogP contribution in [0.3, 0.4) is 0 Å². The van der Waals surface area contributed by atoms with Crippen molar-refractivity contribution in [2.75, 3.05) is 0 Å². The first-order valence-corrected chi connectivity index (χ1v) is 4.79. The van der Waals surface area contributed by atoms with Crippen LogP contribution < -0.4 is 0 Å². The summed E-state index contributed by atoms with van der Waals surface area (Å²) in [6.07, 6.45) is 3.99. The van der Waals surface area contributed by atoms with Gasteiger partial charge in [-0.15, -0.1) is 0 Å². The summed E-state index contributed by atoms with van der Waals surface area (Å²) < 4.78 is 5.12. The molecular formula is C10H8N4O. The lowest BCUT2D eigenvalue weighted by molar-refractivity contribution is 0.423. The molecule has 1 aliphatic rings. The third-order valence-electron chi connectivity index (χ3n) is 2.43. The summed E-state index contributed by atoms with van der Waals surface area (Å²) in [5.41, 5.74) is 1.27. The van der Waals surface area contributed by atoms with E-state index in [4.69, 9.17) is 9.78 Å². The zero-order valence-electron chi connectivity index (χ0n) is 7.90. The van der Waals surface area contributed by atoms with Crippen LogP contribution in [0.15, 0.2) is 16.8 Å². The van der Waals surface area contributed by atoms with E-state index in [2.05, 4.69) is 15.1 Å². The van der Waals surface area contributed by atoms with Gasteiger partial charge in [0.25, 0.3) is 5.89 Å². The van der Waals surface area contributed by atoms with E-state index in [1.54, 1.807) is 12.3 Å². The third kappa shape index (κ3) is 1.40. The Morgan fingerprint density at radius 3 is 3.07 bits per heavy atom. The number of H-pyrrole nitrogens is 1. The minimum absolute atomic E-state index is 0.481. The monoisotopic (exact) mass is 200 g/mol. The fourth-order valence-electron chi connectivity index (χ4n) is 1.44. The number of aromatic nitrogens is 3. The number of nitrogens with one attached hydrogen (secondary N) is 1. The van der Waals surface area contributed by atoms with Crippen molar-refractivity contribution >= 4 is 0 Å². The van der Waals surface area contributed by atoms with Gasteiger partial charge in [0.2, 0.25) is 0 Å². The first-order valence-electron chi connectivity index (χ1n) is 4.79. The van der Waals surface area contributed by atoms with Crippen LogP contribution in [0.5, 0.6) is 0 Å². The highest BCUT2D eigenvalue weighted by atomic mass is 16.5. The summed E-state index contributed by atoms with van der Waals surface area (Å²) in [5, 5.41) is 12.6. The average molecular weight is 200 g/mol. The minimum Gasteiger partial charge on any atom is -0.352 e. The second-order valence-corrected chi connectivity index (χ2v) is 3.65. The van der Waals surface area contributed by atoms with E-state index in [1.807, 2.05) is 6.07 Å². The molecule has 2 aromatic heterocycles. The maximum Gasteiger partial charge on any atom is 0.259 e. The third-order valence-corrected chi connectivity index (χ3v) is 2.43. The molecule has 3 rings (SSSR count). The molecule has 0 atom stereocenters. The van der Waals surface area contributed by atoms with Gasteiger partial charge in [0, 0.05) is 12.1 Å². The van der Waals surface area contributed by atoms with Crippen LogP contribution in [0.4, 0.5) is 0 Å². The second kappa shape index (κ2) is 2.95. The Kier molecular flexibility index (Phi) is 1.62. The zero-order chi connectivity index (χ0) is 10.3. The predicted octanol–water partition coefficient (Wildman–Crippen LogP) is 1.81. The van der Waals surface area contributed by atoms with E-state index in [0.29, 0.717) is 17.5 Å². The highest BCUT2D eigenvalue weighted by molar-refractivity contribution is 5.54. The maximum atomic E-state index is 8.65. The number of nitrogens with zero attached hydrogens (tertiary/aromatic N) is 3. The van der Waals surface area contributed by atoms with E-state index in [1.165, 1.54) is 0 Å². The topological polar surface area (TPSA) is 78.5 Å². The molecule has 15 heavy (non-hydrogen) atoms. The largest absolute Gasteiger partial charge is 0.352 e. The van der Waals surface area contributed by atoms with E-state index in [0.717, 1.165) is 24.2 Å². The molecule has 5 heteroatoms. The maximum absolute atomic E-state index is 8.65. The van der Waals surface area contributed by atoms with Gasteiger partial charge in [-0.05, 0) is 18.9 Å². The van der Waals surface area contributed by atoms with Crippen LogP contribution in [0.2, 0.25) is 0 Å². The quantitative estimate of drug-likeness (QED) is 0.801. The minimum atomic E-state index is 0.481. The SMILES string of the molecule is N#Cc1cc(-c2nc(C3CC3)no2)c[nH]1. The molecule has 74 valence electrons. The molecule has 0 amide bonds. The molecule has 0 unspecified atom stereocenters. The molecule has 0 spiro atoms. The molecule has 2 aromatic rings. The Labute approximate surface area is 85.7 Å². The summed E-state index contributed by atoms with van der Waals surface area (Å²) in [7, 11) is 0. The molecule has 0 radical (unpaired) electrons. The van der Waals surface area contributed by atoms with Gasteiger partial charge in [-0.1, -0.05) is 5.16 Å². The van der Waals surface area contributed by atoms with Gasteiger partial charge >= 0.3 is 0 Å². The molecule has 0 bridgehead atoms. The van der Waals surface area contributed by atoms with Crippen LogP contribution in [0, 0.1) is 11.3 Å². The molecule has 1 N–H and O–H groups in total. The smallest absolute Gasteiger partial charge is 0.259 e. The molecule has 1 saturated carbocycles. The first kappa shape index (κ1) is 8.24. The highest BCUT2D eigenvalue weighted by Gasteiger charge is 2.29. The predicted molar refractivity (Wildman–Crippen MR) is 50.8 cm³/mol. The summed E-state index contributed by atoms with van der Waals surface area (Å²) in [6, 6.07) is 3.71. The summed E-state index contributed by atoms with van der Waals surface area (Å²) in [5.74, 6) is 1.75. The average Bonchev–Trinajstić information content (AvgIpc) is 2.84. The van der Waals surface area contributed by atoms with E-state index in [9.17, 15) is 0 Å². The van der Waals surface area contributed by atoms with Crippen molar-refractivity contribution in [2.24, 2.45) is 0 Å². The van der Waals surface area contributed by atoms with Gasteiger partial charge in [-0.25, -0.2) is 0 Å². The molecule has 5 nitrogen and oxygen atoms in total. The van der Waals surface area contributed by atoms with Gasteiger partial charge in [0.1, 0.15) is 11.8 Å². The highest BCUT2D eigenvalue weighted by Crippen LogP contribution is 2.38. The van der Waals surface area contributed by atoms with Crippen molar-refractivity contribution in [3.63, 3.8) is 0 Å². The Bertz CT molecular complexity index is 530. The summed E-state index contributed by atoms with van der Waals surface area (Å²) in [4.78, 5) is 7.10. The lowest BCUT2D eigenvalue weighted by atomic mass is 10.3. The molecule has 0 aromatic carbocycles. The number of hydrogen-bond acceptors (Lipinski definition) is 4. The van der Waals surface area contributed by atoms with Crippen LogP contribution in [0.1, 0.15) is 30.3 Å². The fourth-order valence-corrected chi connectivity index (χ4v) is 1.44. The van der Waals surface area contributed by atoms with Gasteiger partial charge in [0.15, 0.2) is 5.82 Å². The van der Waals surface area contributed by atoms with Crippen LogP contribution >= 0.6 is 0 Å². The molecule has 1 aliphatic carbocycles. The molecule has 2 heterocycles. The standard InChI is InChI=1S/C10H8N4O/c11-4-8-3-7(5-12-8)10-13-9(14-15-10)6-1-2-6/h3,5-6,12H,1-2H2. The Balaban J connectivity index is 1.94. The zero-order valence-corrected chi connectivity index (χ0v) is 7.90. The molecule has 0 aliphatic heterocycles. The van der Waals surface area contributed by atoms with Crippen molar-refractivity contribution in [3.05, 3.63) is 23.8 Å². The molecule has 0 saturated heterocycles. The lowest BCUT2D eigenvalue weighted by Gasteiger charge is -1.82. The van der Waals surface area contributed by atoms with Crippen molar-refractivity contribution in [3.8, 4) is 17.5 Å². The molecular weight excluding hydrogens is 192 g/mol. The normalized spacial score (nSPS) is 15.1. The van der Waals surface area contributed by atoms with Gasteiger partial charge in [-0.3, -0.25) is 0 Å². The molecule has 1 fully saturated rings. The second-order valence-electron chi connectivity index (χ2n) is 3.65. The number of hydrogen-bond donors (Lipinski definition) is 1. The Hall–Kier alpha value is -2.09.